The zero-order chi connectivity index (χ0) is 11.4. The second-order valence-electron chi connectivity index (χ2n) is 4.74. The van der Waals surface area contributed by atoms with Crippen molar-refractivity contribution >= 4 is 5.69 Å². The van der Waals surface area contributed by atoms with Gasteiger partial charge in [-0.2, -0.15) is 5.10 Å². The van der Waals surface area contributed by atoms with Crippen LogP contribution < -0.4 is 5.32 Å². The Morgan fingerprint density at radius 1 is 1.50 bits per heavy atom. The lowest BCUT2D eigenvalue weighted by atomic mass is 10.0. The highest BCUT2D eigenvalue weighted by atomic mass is 16.5. The zero-order valence-corrected chi connectivity index (χ0v) is 10.1. The van der Waals surface area contributed by atoms with Gasteiger partial charge in [-0.25, -0.2) is 0 Å². The first-order valence-electron chi connectivity index (χ1n) is 6.11. The van der Waals surface area contributed by atoms with E-state index < -0.39 is 0 Å². The van der Waals surface area contributed by atoms with Gasteiger partial charge in [-0.3, -0.25) is 4.68 Å². The minimum atomic E-state index is 0.429. The Labute approximate surface area is 97.0 Å². The molecule has 0 atom stereocenters. The molecule has 0 aliphatic carbocycles. The van der Waals surface area contributed by atoms with E-state index >= 15 is 0 Å². The van der Waals surface area contributed by atoms with E-state index in [0.29, 0.717) is 6.04 Å². The molecule has 1 aliphatic heterocycles. The Morgan fingerprint density at radius 3 is 2.88 bits per heavy atom. The molecular formula is C12H21N3O. The van der Waals surface area contributed by atoms with E-state index in [1.165, 1.54) is 12.8 Å². The normalized spacial score (nSPS) is 17.9. The fourth-order valence-corrected chi connectivity index (χ4v) is 1.92. The fourth-order valence-electron chi connectivity index (χ4n) is 1.92. The van der Waals surface area contributed by atoms with Gasteiger partial charge in [0.1, 0.15) is 0 Å². The monoisotopic (exact) mass is 223 g/mol. The summed E-state index contributed by atoms with van der Waals surface area (Å²) in [5, 5.41) is 7.76. The largest absolute Gasteiger partial charge is 0.382 e. The van der Waals surface area contributed by atoms with Gasteiger partial charge < -0.3 is 10.1 Å². The third kappa shape index (κ3) is 2.98. The number of nitrogens with zero attached hydrogens (tertiary/aromatic N) is 2. The van der Waals surface area contributed by atoms with Gasteiger partial charge in [0.15, 0.2) is 0 Å². The number of hydrogen-bond donors (Lipinski definition) is 1. The van der Waals surface area contributed by atoms with E-state index in [1.54, 1.807) is 0 Å². The molecule has 16 heavy (non-hydrogen) atoms. The van der Waals surface area contributed by atoms with Crippen molar-refractivity contribution in [3.05, 3.63) is 12.4 Å². The molecule has 2 heterocycles. The quantitative estimate of drug-likeness (QED) is 0.851. The van der Waals surface area contributed by atoms with Gasteiger partial charge in [-0.1, -0.05) is 0 Å². The molecule has 0 bridgehead atoms. The van der Waals surface area contributed by atoms with E-state index in [-0.39, 0.29) is 0 Å². The van der Waals surface area contributed by atoms with E-state index in [4.69, 9.17) is 4.74 Å². The number of rotatable bonds is 4. The van der Waals surface area contributed by atoms with Gasteiger partial charge >= 0.3 is 0 Å². The van der Waals surface area contributed by atoms with Gasteiger partial charge in [-0.15, -0.1) is 0 Å². The Morgan fingerprint density at radius 2 is 2.25 bits per heavy atom. The van der Waals surface area contributed by atoms with Gasteiger partial charge in [-0.05, 0) is 32.6 Å². The Kier molecular flexibility index (Phi) is 3.83. The Hall–Kier alpha value is -1.03. The summed E-state index contributed by atoms with van der Waals surface area (Å²) in [6.07, 6.45) is 6.32. The smallest absolute Gasteiger partial charge is 0.0726 e. The lowest BCUT2D eigenvalue weighted by molar-refractivity contribution is 0.0699. The first kappa shape index (κ1) is 11.5. The van der Waals surface area contributed by atoms with Crippen LogP contribution in [0.25, 0.3) is 0 Å². The molecule has 1 aliphatic rings. The van der Waals surface area contributed by atoms with Crippen LogP contribution in [0.2, 0.25) is 0 Å². The summed E-state index contributed by atoms with van der Waals surface area (Å²) < 4.78 is 7.32. The van der Waals surface area contributed by atoms with Gasteiger partial charge in [0.2, 0.25) is 0 Å². The molecule has 0 saturated carbocycles. The maximum absolute atomic E-state index is 5.34. The molecule has 0 amide bonds. The van der Waals surface area contributed by atoms with Crippen LogP contribution in [0.4, 0.5) is 5.69 Å². The maximum Gasteiger partial charge on any atom is 0.0726 e. The van der Waals surface area contributed by atoms with Crippen LogP contribution in [-0.2, 0) is 4.74 Å². The number of ether oxygens (including phenoxy) is 1. The average molecular weight is 223 g/mol. The number of anilines is 1. The standard InChI is InChI=1S/C12H21N3O/c1-10(2)15-9-12(8-14-15)13-7-11-3-5-16-6-4-11/h8-11,13H,3-7H2,1-2H3. The van der Waals surface area contributed by atoms with Gasteiger partial charge in [0, 0.05) is 32.0 Å². The van der Waals surface area contributed by atoms with Crippen LogP contribution in [0, 0.1) is 5.92 Å². The van der Waals surface area contributed by atoms with Crippen LogP contribution in [0.3, 0.4) is 0 Å². The molecule has 1 aromatic heterocycles. The molecule has 1 saturated heterocycles. The van der Waals surface area contributed by atoms with Crippen molar-refractivity contribution in [2.45, 2.75) is 32.7 Å². The van der Waals surface area contributed by atoms with Crippen LogP contribution in [0.15, 0.2) is 12.4 Å². The zero-order valence-electron chi connectivity index (χ0n) is 10.1. The topological polar surface area (TPSA) is 39.1 Å². The van der Waals surface area contributed by atoms with Crippen LogP contribution >= 0.6 is 0 Å². The average Bonchev–Trinajstić information content (AvgIpc) is 2.76. The van der Waals surface area contributed by atoms with Crippen molar-refractivity contribution in [1.29, 1.82) is 0 Å². The van der Waals surface area contributed by atoms with E-state index in [0.717, 1.165) is 31.4 Å². The molecule has 90 valence electrons. The Bertz CT molecular complexity index is 316. The highest BCUT2D eigenvalue weighted by Gasteiger charge is 2.13. The first-order chi connectivity index (χ1) is 7.75. The third-order valence-corrected chi connectivity index (χ3v) is 3.07. The first-order valence-corrected chi connectivity index (χ1v) is 6.11. The molecule has 0 radical (unpaired) electrons. The minimum absolute atomic E-state index is 0.429. The second-order valence-corrected chi connectivity index (χ2v) is 4.74. The summed E-state index contributed by atoms with van der Waals surface area (Å²) in [5.74, 6) is 0.746. The molecule has 4 nitrogen and oxygen atoms in total. The highest BCUT2D eigenvalue weighted by molar-refractivity contribution is 5.38. The molecule has 0 unspecified atom stereocenters. The van der Waals surface area contributed by atoms with E-state index in [9.17, 15) is 0 Å². The Balaban J connectivity index is 1.79. The minimum Gasteiger partial charge on any atom is -0.382 e. The van der Waals surface area contributed by atoms with Crippen LogP contribution in [-0.4, -0.2) is 29.5 Å². The molecule has 2 rings (SSSR count). The SMILES string of the molecule is CC(C)n1cc(NCC2CCOCC2)cn1. The van der Waals surface area contributed by atoms with Gasteiger partial charge in [0.25, 0.3) is 0 Å². The lowest BCUT2D eigenvalue weighted by Gasteiger charge is -2.22. The van der Waals surface area contributed by atoms with Crippen molar-refractivity contribution < 1.29 is 4.74 Å². The summed E-state index contributed by atoms with van der Waals surface area (Å²) in [6.45, 7) is 7.13. The fraction of sp³-hybridized carbons (Fsp3) is 0.750. The summed E-state index contributed by atoms with van der Waals surface area (Å²) >= 11 is 0. The number of aromatic nitrogens is 2. The predicted octanol–water partition coefficient (Wildman–Crippen LogP) is 2.30. The van der Waals surface area contributed by atoms with Crippen molar-refractivity contribution in [2.24, 2.45) is 5.92 Å². The molecular weight excluding hydrogens is 202 g/mol. The molecule has 1 aromatic rings. The van der Waals surface area contributed by atoms with Crippen molar-refractivity contribution in [2.75, 3.05) is 25.1 Å². The molecule has 1 N–H and O–H groups in total. The van der Waals surface area contributed by atoms with E-state index in [2.05, 4.69) is 30.5 Å². The predicted molar refractivity (Wildman–Crippen MR) is 64.6 cm³/mol. The van der Waals surface area contributed by atoms with Crippen molar-refractivity contribution in [3.8, 4) is 0 Å². The van der Waals surface area contributed by atoms with Crippen LogP contribution in [0.5, 0.6) is 0 Å². The van der Waals surface area contributed by atoms with Crippen molar-refractivity contribution in [1.82, 2.24) is 9.78 Å². The second kappa shape index (κ2) is 5.34. The number of nitrogens with one attached hydrogen (secondary N) is 1. The molecule has 0 spiro atoms. The van der Waals surface area contributed by atoms with E-state index in [1.807, 2.05) is 10.9 Å². The summed E-state index contributed by atoms with van der Waals surface area (Å²) in [7, 11) is 0. The maximum atomic E-state index is 5.34. The highest BCUT2D eigenvalue weighted by Crippen LogP contribution is 2.16. The summed E-state index contributed by atoms with van der Waals surface area (Å²) in [4.78, 5) is 0. The number of hydrogen-bond acceptors (Lipinski definition) is 3. The summed E-state index contributed by atoms with van der Waals surface area (Å²) in [6, 6.07) is 0.429. The van der Waals surface area contributed by atoms with Crippen molar-refractivity contribution in [3.63, 3.8) is 0 Å². The van der Waals surface area contributed by atoms with Crippen LogP contribution in [0.1, 0.15) is 32.7 Å². The molecule has 4 heteroatoms. The molecule has 0 aromatic carbocycles. The summed E-state index contributed by atoms with van der Waals surface area (Å²) in [5.41, 5.74) is 1.13. The van der Waals surface area contributed by atoms with Gasteiger partial charge in [0.05, 0.1) is 11.9 Å². The third-order valence-electron chi connectivity index (χ3n) is 3.07. The lowest BCUT2D eigenvalue weighted by Crippen LogP contribution is -2.22. The molecule has 1 fully saturated rings.